The highest BCUT2D eigenvalue weighted by Gasteiger charge is 2.43. The number of likely N-dealkylation sites (tertiary alicyclic amines) is 2. The number of nitrogens with zero attached hydrogens (tertiary/aromatic N) is 6. The van der Waals surface area contributed by atoms with Gasteiger partial charge in [-0.25, -0.2) is 31.1 Å². The van der Waals surface area contributed by atoms with Crippen molar-refractivity contribution in [2.45, 2.75) is 166 Å². The predicted molar refractivity (Wildman–Crippen MR) is 316 cm³/mol. The topological polar surface area (TPSA) is 202 Å². The van der Waals surface area contributed by atoms with Gasteiger partial charge in [0.05, 0.1) is 29.4 Å². The molecule has 3 aromatic heterocycles. The van der Waals surface area contributed by atoms with E-state index in [9.17, 15) is 80.2 Å². The van der Waals surface area contributed by atoms with E-state index < -0.39 is 93.5 Å². The fourth-order valence-electron chi connectivity index (χ4n) is 12.9. The number of rotatable bonds is 5. The van der Waals surface area contributed by atoms with Crippen LogP contribution in [0.1, 0.15) is 191 Å². The molecule has 12 rings (SSSR count). The molecule has 0 saturated carbocycles. The van der Waals surface area contributed by atoms with Crippen LogP contribution >= 0.6 is 12.4 Å². The number of carbonyl (C=O) groups is 3. The molecule has 0 unspecified atom stereocenters. The molecule has 4 N–H and O–H groups in total. The van der Waals surface area contributed by atoms with E-state index in [1.165, 1.54) is 0 Å². The summed E-state index contributed by atoms with van der Waals surface area (Å²) >= 11 is 0. The zero-order chi connectivity index (χ0) is 69.3. The van der Waals surface area contributed by atoms with Crippen LogP contribution in [0, 0.1) is 34.9 Å². The van der Waals surface area contributed by atoms with E-state index in [1.54, 1.807) is 20.9 Å². The van der Waals surface area contributed by atoms with Gasteiger partial charge in [0.1, 0.15) is 40.5 Å². The van der Waals surface area contributed by atoms with Gasteiger partial charge in [-0.1, -0.05) is 0 Å². The molecule has 6 aliphatic rings. The first-order valence-electron chi connectivity index (χ1n) is 30.9. The largest absolute Gasteiger partial charge is 0.444 e. The van der Waals surface area contributed by atoms with Crippen LogP contribution in [0.2, 0.25) is 0 Å². The lowest BCUT2D eigenvalue weighted by Gasteiger charge is -2.33. The van der Waals surface area contributed by atoms with Gasteiger partial charge in [0.25, 0.3) is 11.8 Å². The van der Waals surface area contributed by atoms with E-state index in [0.29, 0.717) is 50.4 Å². The lowest BCUT2D eigenvalue weighted by Crippen LogP contribution is -2.39. The molecule has 0 atom stereocenters. The van der Waals surface area contributed by atoms with Crippen molar-refractivity contribution in [1.29, 1.82) is 0 Å². The highest BCUT2D eigenvalue weighted by Crippen LogP contribution is 2.44. The third kappa shape index (κ3) is 18.8. The summed E-state index contributed by atoms with van der Waals surface area (Å²) in [4.78, 5) is 58.6. The minimum atomic E-state index is -4.91. The number of aromatic amines is 3. The number of fused-ring (bicyclic) bond motifs is 3. The number of piperidine rings is 3. The number of carbonyl (C=O) groups excluding carboxylic acids is 5. The summed E-state index contributed by atoms with van der Waals surface area (Å²) < 4.78 is 205. The molecule has 524 valence electrons. The van der Waals surface area contributed by atoms with Crippen LogP contribution < -0.4 is 5.32 Å². The second kappa shape index (κ2) is 32.0. The molecule has 3 fully saturated rings. The molecule has 2 aliphatic carbocycles. The Kier molecular flexibility index (Phi) is 25.1. The lowest BCUT2D eigenvalue weighted by molar-refractivity contribution is -0.191. The molecule has 0 spiro atoms. The third-order valence-electron chi connectivity index (χ3n) is 17.3. The van der Waals surface area contributed by atoms with Gasteiger partial charge in [-0.05, 0) is 176 Å². The van der Waals surface area contributed by atoms with Crippen molar-refractivity contribution in [1.82, 2.24) is 50.6 Å². The van der Waals surface area contributed by atoms with Gasteiger partial charge in [0.15, 0.2) is 11.4 Å². The second-order valence-corrected chi connectivity index (χ2v) is 24.8. The quantitative estimate of drug-likeness (QED) is 0.120. The first-order chi connectivity index (χ1) is 44.8. The third-order valence-corrected chi connectivity index (χ3v) is 17.3. The molecule has 3 amide bonds. The molecular formula is C64H70ClF15N10O6. The number of ether oxygens (including phenoxy) is 1. The SMILES string of the molecule is CC(C)(C)OC(=O)N1CCc2[nH]ncc2C1.Cl.Fc1cc(F)c(C(F)(F)F)c(C2CCNCC2)c1.O=C(c1n[nH]c2c1CCCC2)N1CCC(c2cc(F)cc(F)c2C(F)(F)F)CC1.O=C(c1n[nH]c2c1CCCC2)N1CCC(c2cc(F)cc(F)c2C(F)(F)F)CC1.O=C=O. The second-order valence-electron chi connectivity index (χ2n) is 24.8. The maximum absolute atomic E-state index is 13.9. The number of amides is 3. The normalized spacial score (nSPS) is 17.0. The van der Waals surface area contributed by atoms with Crippen LogP contribution in [0.5, 0.6) is 0 Å². The number of aromatic nitrogens is 6. The minimum absolute atomic E-state index is 0. The van der Waals surface area contributed by atoms with Crippen LogP contribution in [0.3, 0.4) is 0 Å². The van der Waals surface area contributed by atoms with E-state index in [4.69, 9.17) is 14.3 Å². The Labute approximate surface area is 547 Å². The molecule has 0 bridgehead atoms. The van der Waals surface area contributed by atoms with Crippen LogP contribution in [0.4, 0.5) is 70.7 Å². The number of benzene rings is 3. The Hall–Kier alpha value is -7.92. The van der Waals surface area contributed by atoms with Gasteiger partial charge in [-0.3, -0.25) is 24.9 Å². The molecule has 4 aliphatic heterocycles. The smallest absolute Gasteiger partial charge is 0.419 e. The molecule has 3 aromatic carbocycles. The predicted octanol–water partition coefficient (Wildman–Crippen LogP) is 14.2. The summed E-state index contributed by atoms with van der Waals surface area (Å²) in [5.41, 5.74) is 1.16. The van der Waals surface area contributed by atoms with Crippen LogP contribution in [0.15, 0.2) is 42.6 Å². The lowest BCUT2D eigenvalue weighted by atomic mass is 9.85. The van der Waals surface area contributed by atoms with Crippen LogP contribution in [-0.4, -0.2) is 121 Å². The van der Waals surface area contributed by atoms with Crippen molar-refractivity contribution >= 4 is 36.5 Å². The Balaban J connectivity index is 0.000000183. The monoisotopic (exact) mass is 1390 g/mol. The molecule has 32 heteroatoms. The standard InChI is InChI=1S/2C20H20F5N3O.C12H12F5N.C11H17N3O2.CO2.ClH/c2*21-12-9-14(17(15(22)10-12)20(23,24)25)11-5-7-28(8-6-11)19(29)18-13-3-1-2-4-16(13)26-27-18;13-8-5-9(7-1-3-18-4-2-7)11(10(14)6-8)12(15,16)17;1-11(2,3)16-10(15)14-5-4-9-8(7-14)6-12-13-9;2-1-3;/h2*9-11H,1-8H2,(H,26,27);5-7,18H,1-4H2;6H,4-5,7H2,1-3H3,(H,12,13);;1H. The average molecular weight is 1400 g/mol. The Bertz CT molecular complexity index is 3550. The average Bonchev–Trinajstić information content (AvgIpc) is 1.16. The fraction of sp³-hybridized carbons (Fsp3) is 0.516. The van der Waals surface area contributed by atoms with E-state index >= 15 is 0 Å². The van der Waals surface area contributed by atoms with E-state index in [2.05, 4.69) is 35.9 Å². The summed E-state index contributed by atoms with van der Waals surface area (Å²) in [7, 11) is 0. The number of hydrogen-bond donors (Lipinski definition) is 4. The van der Waals surface area contributed by atoms with Gasteiger partial charge < -0.3 is 24.8 Å². The maximum Gasteiger partial charge on any atom is 0.419 e. The first-order valence-corrected chi connectivity index (χ1v) is 30.9. The van der Waals surface area contributed by atoms with E-state index in [1.807, 2.05) is 20.8 Å². The fourth-order valence-corrected chi connectivity index (χ4v) is 12.9. The summed E-state index contributed by atoms with van der Waals surface area (Å²) in [5, 5.41) is 24.0. The molecule has 3 saturated heterocycles. The molecule has 6 aromatic rings. The molecule has 96 heavy (non-hydrogen) atoms. The van der Waals surface area contributed by atoms with Gasteiger partial charge >= 0.3 is 30.8 Å². The minimum Gasteiger partial charge on any atom is -0.444 e. The van der Waals surface area contributed by atoms with Crippen molar-refractivity contribution in [3.05, 3.63) is 156 Å². The van der Waals surface area contributed by atoms with Crippen molar-refractivity contribution in [2.75, 3.05) is 45.8 Å². The van der Waals surface area contributed by atoms with Gasteiger partial charge in [-0.2, -0.15) is 64.4 Å². The van der Waals surface area contributed by atoms with E-state index in [-0.39, 0.29) is 123 Å². The first kappa shape index (κ1) is 75.5. The molecular weight excluding hydrogens is 1330 g/mol. The zero-order valence-corrected chi connectivity index (χ0v) is 53.1. The van der Waals surface area contributed by atoms with Gasteiger partial charge in [0, 0.05) is 91.1 Å². The zero-order valence-electron chi connectivity index (χ0n) is 52.2. The number of halogens is 16. The van der Waals surface area contributed by atoms with Gasteiger partial charge in [0.2, 0.25) is 0 Å². The summed E-state index contributed by atoms with van der Waals surface area (Å²) in [5.74, 6) is -10.1. The van der Waals surface area contributed by atoms with Gasteiger partial charge in [-0.15, -0.1) is 12.4 Å². The highest BCUT2D eigenvalue weighted by atomic mass is 35.5. The number of H-pyrrole nitrogens is 3. The highest BCUT2D eigenvalue weighted by molar-refractivity contribution is 5.94. The van der Waals surface area contributed by atoms with Crippen molar-refractivity contribution in [3.8, 4) is 0 Å². The molecule has 0 radical (unpaired) electrons. The maximum atomic E-state index is 13.9. The Morgan fingerprint density at radius 1 is 0.500 bits per heavy atom. The van der Waals surface area contributed by atoms with E-state index in [0.717, 1.165) is 110 Å². The van der Waals surface area contributed by atoms with Crippen LogP contribution in [0.25, 0.3) is 0 Å². The van der Waals surface area contributed by atoms with Crippen molar-refractivity contribution in [3.63, 3.8) is 0 Å². The number of aryl methyl sites for hydroxylation is 2. The van der Waals surface area contributed by atoms with Crippen LogP contribution in [-0.2, 0) is 71.5 Å². The van der Waals surface area contributed by atoms with Crippen molar-refractivity contribution in [2.24, 2.45) is 0 Å². The Morgan fingerprint density at radius 2 is 0.865 bits per heavy atom. The number of nitrogens with one attached hydrogen (secondary N) is 4. The van der Waals surface area contributed by atoms with Crippen molar-refractivity contribution < 1.29 is 94.6 Å². The molecule has 7 heterocycles. The molecule has 16 nitrogen and oxygen atoms in total. The number of alkyl halides is 9. The number of hydrogen-bond acceptors (Lipinski definition) is 10. The Morgan fingerprint density at radius 3 is 1.23 bits per heavy atom. The summed E-state index contributed by atoms with van der Waals surface area (Å²) in [6.07, 6.45) is -3.02. The summed E-state index contributed by atoms with van der Waals surface area (Å²) in [6.45, 7) is 8.83. The summed E-state index contributed by atoms with van der Waals surface area (Å²) in [6, 6.07) is 3.13.